The summed E-state index contributed by atoms with van der Waals surface area (Å²) < 4.78 is 31.6. The number of hydrogen-bond acceptors (Lipinski definition) is 4. The minimum atomic E-state index is -2.82. The molecular weight excluding hydrogens is 352 g/mol. The van der Waals surface area contributed by atoms with Crippen LogP contribution in [0.4, 0.5) is 13.6 Å². The van der Waals surface area contributed by atoms with Gasteiger partial charge in [0.1, 0.15) is 11.5 Å². The van der Waals surface area contributed by atoms with E-state index in [1.165, 1.54) is 23.9 Å². The molecule has 3 nitrogen and oxygen atoms in total. The molecule has 0 radical (unpaired) electrons. The molecule has 128 valence electrons. The molecule has 1 aliphatic rings. The summed E-state index contributed by atoms with van der Waals surface area (Å²) in [5.41, 5.74) is 0.672. The number of hydrogen-bond donors (Lipinski definition) is 1. The van der Waals surface area contributed by atoms with Gasteiger partial charge in [-0.05, 0) is 32.0 Å². The molecule has 1 aliphatic heterocycles. The van der Waals surface area contributed by atoms with Crippen molar-refractivity contribution in [1.82, 2.24) is 5.32 Å². The van der Waals surface area contributed by atoms with Crippen molar-refractivity contribution in [2.75, 3.05) is 0 Å². The second kappa shape index (κ2) is 7.44. The van der Waals surface area contributed by atoms with Crippen LogP contribution in [0.5, 0.6) is 0 Å². The highest BCUT2D eigenvalue weighted by atomic mass is 32.2. The number of aryl methyl sites for hydroxylation is 1. The van der Waals surface area contributed by atoms with Crippen LogP contribution in [0.2, 0.25) is 0 Å². The predicted octanol–water partition coefficient (Wildman–Crippen LogP) is 5.53. The van der Waals surface area contributed by atoms with E-state index in [4.69, 9.17) is 16.6 Å². The first-order chi connectivity index (χ1) is 11.2. The number of carbonyl (C=O) groups is 1. The third kappa shape index (κ3) is 4.88. The molecule has 1 atom stereocenters. The fourth-order valence-electron chi connectivity index (χ4n) is 1.98. The van der Waals surface area contributed by atoms with Gasteiger partial charge in [-0.3, -0.25) is 4.79 Å². The highest BCUT2D eigenvalue weighted by Gasteiger charge is 2.24. The molecule has 0 aliphatic carbocycles. The fourth-order valence-corrected chi connectivity index (χ4v) is 2.94. The summed E-state index contributed by atoms with van der Waals surface area (Å²) in [7, 11) is 0. The summed E-state index contributed by atoms with van der Waals surface area (Å²) in [5, 5.41) is 2.67. The van der Waals surface area contributed by atoms with Gasteiger partial charge in [0.25, 0.3) is 11.2 Å². The van der Waals surface area contributed by atoms with Crippen molar-refractivity contribution in [3.63, 3.8) is 0 Å². The lowest BCUT2D eigenvalue weighted by Crippen LogP contribution is -2.19. The summed E-state index contributed by atoms with van der Waals surface area (Å²) in [6.45, 7) is 4.62. The highest BCUT2D eigenvalue weighted by Crippen LogP contribution is 2.30. The third-order valence-corrected chi connectivity index (χ3v) is 4.78. The zero-order chi connectivity index (χ0) is 17.9. The Morgan fingerprint density at radius 1 is 1.29 bits per heavy atom. The second-order valence-corrected chi connectivity index (χ2v) is 7.17. The van der Waals surface area contributed by atoms with Gasteiger partial charge in [-0.25, -0.2) is 8.78 Å². The maximum absolute atomic E-state index is 13.1. The molecule has 1 aromatic heterocycles. The van der Waals surface area contributed by atoms with Gasteiger partial charge in [-0.15, -0.1) is 0 Å². The van der Waals surface area contributed by atoms with Gasteiger partial charge in [0, 0.05) is 18.1 Å². The van der Waals surface area contributed by atoms with Crippen LogP contribution in [0.1, 0.15) is 25.2 Å². The summed E-state index contributed by atoms with van der Waals surface area (Å²) >= 11 is 6.00. The van der Waals surface area contributed by atoms with E-state index in [1.54, 1.807) is 18.2 Å². The van der Waals surface area contributed by atoms with Crippen LogP contribution >= 0.6 is 24.0 Å². The maximum atomic E-state index is 13.1. The number of alkyl halides is 2. The Hall–Kier alpha value is -1.73. The zero-order valence-electron chi connectivity index (χ0n) is 13.4. The number of amides is 1. The monoisotopic (exact) mass is 369 g/mol. The van der Waals surface area contributed by atoms with Crippen LogP contribution in [0.25, 0.3) is 11.3 Å². The summed E-state index contributed by atoms with van der Waals surface area (Å²) in [5.74, 6) is -1.44. The smallest absolute Gasteiger partial charge is 0.284 e. The van der Waals surface area contributed by atoms with Crippen LogP contribution < -0.4 is 5.32 Å². The minimum Gasteiger partial charge on any atom is -0.461 e. The lowest BCUT2D eigenvalue weighted by molar-refractivity contribution is 0.0175. The Morgan fingerprint density at radius 3 is 2.42 bits per heavy atom. The molecule has 24 heavy (non-hydrogen) atoms. The number of rotatable bonds is 2. The number of halogens is 2. The zero-order valence-corrected chi connectivity index (χ0v) is 15.1. The van der Waals surface area contributed by atoms with Crippen LogP contribution in [-0.2, 0) is 5.92 Å². The molecule has 0 saturated carbocycles. The van der Waals surface area contributed by atoms with Crippen LogP contribution in [-0.4, -0.2) is 15.5 Å². The number of carbonyl (C=O) groups excluding carboxylic acids is 1. The predicted molar refractivity (Wildman–Crippen MR) is 96.6 cm³/mol. The van der Waals surface area contributed by atoms with Crippen molar-refractivity contribution >= 4 is 34.2 Å². The number of thioether (sulfide) groups is 1. The molecule has 2 heterocycles. The first-order valence-corrected chi connectivity index (χ1v) is 8.52. The lowest BCUT2D eigenvalue weighted by Gasteiger charge is -2.11. The summed E-state index contributed by atoms with van der Waals surface area (Å²) in [6, 6.07) is 9.83. The van der Waals surface area contributed by atoms with Gasteiger partial charge < -0.3 is 9.73 Å². The van der Waals surface area contributed by atoms with Gasteiger partial charge in [0.05, 0.1) is 10.2 Å². The third-order valence-electron chi connectivity index (χ3n) is 3.27. The molecule has 3 rings (SSSR count). The van der Waals surface area contributed by atoms with Crippen molar-refractivity contribution < 1.29 is 18.0 Å². The largest absolute Gasteiger partial charge is 0.461 e. The Kier molecular flexibility index (Phi) is 5.77. The van der Waals surface area contributed by atoms with Crippen molar-refractivity contribution in [1.29, 1.82) is 0 Å². The van der Waals surface area contributed by atoms with E-state index < -0.39 is 5.92 Å². The van der Waals surface area contributed by atoms with E-state index in [0.717, 1.165) is 12.7 Å². The fraction of sp³-hybridized carbons (Fsp3) is 0.294. The van der Waals surface area contributed by atoms with Gasteiger partial charge in [-0.1, -0.05) is 42.2 Å². The molecule has 1 amide bonds. The molecule has 0 spiro atoms. The molecule has 2 aromatic rings. The summed E-state index contributed by atoms with van der Waals surface area (Å²) in [4.78, 5) is 11.1. The molecule has 1 fully saturated rings. The topological polar surface area (TPSA) is 42.2 Å². The van der Waals surface area contributed by atoms with E-state index in [2.05, 4.69) is 5.32 Å². The average Bonchev–Trinajstić information content (AvgIpc) is 3.05. The Morgan fingerprint density at radius 2 is 2.00 bits per heavy atom. The average molecular weight is 369 g/mol. The number of thiocarbonyl (C=S) groups is 1. The van der Waals surface area contributed by atoms with E-state index in [-0.39, 0.29) is 16.1 Å². The standard InChI is InChI=1S/C13H12F2O.C4H5NOS2/c1-9-6-7-12(16-9)10-4-3-5-11(8-10)13(2,14)15;1-2-3(7)5-4(6)8-2/h3-8H,1-2H3;2H,1H3,(H,5,6,7). The molecular formula is C17H17F2NO2S2. The highest BCUT2D eigenvalue weighted by molar-refractivity contribution is 8.16. The minimum absolute atomic E-state index is 0.000877. The van der Waals surface area contributed by atoms with Crippen molar-refractivity contribution in [3.05, 3.63) is 47.7 Å². The molecule has 1 aromatic carbocycles. The van der Waals surface area contributed by atoms with Gasteiger partial charge in [-0.2, -0.15) is 0 Å². The van der Waals surface area contributed by atoms with E-state index >= 15 is 0 Å². The first kappa shape index (κ1) is 18.6. The van der Waals surface area contributed by atoms with Crippen molar-refractivity contribution in [2.24, 2.45) is 0 Å². The Balaban J connectivity index is 0.000000219. The lowest BCUT2D eigenvalue weighted by atomic mass is 10.1. The quantitative estimate of drug-likeness (QED) is 0.707. The molecule has 1 N–H and O–H groups in total. The molecule has 0 bridgehead atoms. The van der Waals surface area contributed by atoms with Crippen LogP contribution in [0.3, 0.4) is 0 Å². The first-order valence-electron chi connectivity index (χ1n) is 7.23. The van der Waals surface area contributed by atoms with Crippen LogP contribution in [0, 0.1) is 6.92 Å². The van der Waals surface area contributed by atoms with E-state index in [0.29, 0.717) is 16.3 Å². The summed E-state index contributed by atoms with van der Waals surface area (Å²) in [6.07, 6.45) is 0. The molecule has 7 heteroatoms. The Bertz CT molecular complexity index is 753. The number of furan rings is 1. The maximum Gasteiger partial charge on any atom is 0.284 e. The van der Waals surface area contributed by atoms with Crippen molar-refractivity contribution in [2.45, 2.75) is 31.9 Å². The van der Waals surface area contributed by atoms with Crippen LogP contribution in [0.15, 0.2) is 40.8 Å². The second-order valence-electron chi connectivity index (χ2n) is 5.42. The number of nitrogens with one attached hydrogen (secondary N) is 1. The van der Waals surface area contributed by atoms with Gasteiger partial charge in [0.2, 0.25) is 0 Å². The SMILES string of the molecule is CC1SC(=O)NC1=S.Cc1ccc(-c2cccc(C(C)(F)F)c2)o1. The normalized spacial score (nSPS) is 17.3. The van der Waals surface area contributed by atoms with Gasteiger partial charge >= 0.3 is 0 Å². The van der Waals surface area contributed by atoms with E-state index in [9.17, 15) is 13.6 Å². The van der Waals surface area contributed by atoms with E-state index in [1.807, 2.05) is 19.9 Å². The molecule has 1 unspecified atom stereocenters. The van der Waals surface area contributed by atoms with Gasteiger partial charge in [0.15, 0.2) is 0 Å². The molecule has 1 saturated heterocycles. The Labute approximate surface area is 148 Å². The van der Waals surface area contributed by atoms with Crippen molar-refractivity contribution in [3.8, 4) is 11.3 Å². The number of benzene rings is 1.